The molecule has 3 heteroatoms. The van der Waals surface area contributed by atoms with Gasteiger partial charge in [0.2, 0.25) is 0 Å². The molecule has 1 N–H and O–H groups in total. The molecular weight excluding hydrogens is 228 g/mol. The molecule has 0 radical (unpaired) electrons. The molecule has 0 aromatic heterocycles. The van der Waals surface area contributed by atoms with Crippen LogP contribution < -0.4 is 5.32 Å². The molecule has 0 bridgehead atoms. The topological polar surface area (TPSA) is 15.3 Å². The number of nitrogens with zero attached hydrogens (tertiary/aromatic N) is 1. The van der Waals surface area contributed by atoms with E-state index >= 15 is 0 Å². The molecule has 2 aliphatic rings. The van der Waals surface area contributed by atoms with Crippen LogP contribution in [0, 0.1) is 5.92 Å². The van der Waals surface area contributed by atoms with Gasteiger partial charge in [0.05, 0.1) is 0 Å². The number of nitrogens with one attached hydrogen (secondary N) is 1. The molecule has 1 saturated carbocycles. The lowest BCUT2D eigenvalue weighted by molar-refractivity contribution is 0.215. The summed E-state index contributed by atoms with van der Waals surface area (Å²) in [6.07, 6.45) is 10.8. The monoisotopic (exact) mass is 256 g/mol. The molecule has 2 rings (SSSR count). The Morgan fingerprint density at radius 3 is 2.47 bits per heavy atom. The number of rotatable bonds is 5. The summed E-state index contributed by atoms with van der Waals surface area (Å²) in [6.45, 7) is 5.07. The Bertz CT molecular complexity index is 218. The molecule has 0 amide bonds. The average molecular weight is 256 g/mol. The smallest absolute Gasteiger partial charge is 0.0281 e. The van der Waals surface area contributed by atoms with Gasteiger partial charge in [0, 0.05) is 11.3 Å². The van der Waals surface area contributed by atoms with Crippen LogP contribution in [0.25, 0.3) is 0 Å². The van der Waals surface area contributed by atoms with Crippen LogP contribution in [-0.4, -0.2) is 49.1 Å². The van der Waals surface area contributed by atoms with Gasteiger partial charge in [-0.15, -0.1) is 0 Å². The number of hydrogen-bond acceptors (Lipinski definition) is 3. The van der Waals surface area contributed by atoms with E-state index in [2.05, 4.69) is 35.3 Å². The van der Waals surface area contributed by atoms with Crippen LogP contribution in [0.1, 0.15) is 38.5 Å². The van der Waals surface area contributed by atoms with Crippen LogP contribution in [0.4, 0.5) is 0 Å². The highest BCUT2D eigenvalue weighted by Gasteiger charge is 2.32. The van der Waals surface area contributed by atoms with Crippen molar-refractivity contribution >= 4 is 11.8 Å². The number of likely N-dealkylation sites (tertiary alicyclic amines) is 1. The first-order valence-corrected chi connectivity index (χ1v) is 8.41. The van der Waals surface area contributed by atoms with Gasteiger partial charge in [-0.25, -0.2) is 0 Å². The first kappa shape index (κ1) is 13.7. The van der Waals surface area contributed by atoms with Crippen LogP contribution in [0.2, 0.25) is 0 Å². The molecule has 0 unspecified atom stereocenters. The summed E-state index contributed by atoms with van der Waals surface area (Å²) in [4.78, 5) is 2.46. The molecule has 0 aromatic rings. The van der Waals surface area contributed by atoms with Gasteiger partial charge in [-0.05, 0) is 64.5 Å². The molecule has 1 aliphatic heterocycles. The van der Waals surface area contributed by atoms with Gasteiger partial charge in [-0.2, -0.15) is 11.8 Å². The number of hydrogen-bond donors (Lipinski definition) is 1. The molecule has 0 aromatic carbocycles. The highest BCUT2D eigenvalue weighted by molar-refractivity contribution is 8.00. The lowest BCUT2D eigenvalue weighted by atomic mass is 9.97. The van der Waals surface area contributed by atoms with Gasteiger partial charge in [-0.3, -0.25) is 0 Å². The Balaban J connectivity index is 1.65. The first-order chi connectivity index (χ1) is 8.24. The van der Waals surface area contributed by atoms with Crippen LogP contribution >= 0.6 is 11.8 Å². The minimum Gasteiger partial charge on any atom is -0.315 e. The predicted octanol–water partition coefficient (Wildman–Crippen LogP) is 2.59. The fourth-order valence-electron chi connectivity index (χ4n) is 3.24. The van der Waals surface area contributed by atoms with Gasteiger partial charge >= 0.3 is 0 Å². The van der Waals surface area contributed by atoms with Gasteiger partial charge in [0.1, 0.15) is 0 Å². The fourth-order valence-corrected chi connectivity index (χ4v) is 4.19. The van der Waals surface area contributed by atoms with E-state index in [-0.39, 0.29) is 0 Å². The number of piperidine rings is 1. The minimum atomic E-state index is 0.575. The van der Waals surface area contributed by atoms with Crippen molar-refractivity contribution in [3.05, 3.63) is 0 Å². The Kier molecular flexibility index (Phi) is 5.19. The van der Waals surface area contributed by atoms with E-state index in [0.29, 0.717) is 4.75 Å². The second-order valence-corrected chi connectivity index (χ2v) is 7.25. The van der Waals surface area contributed by atoms with Crippen molar-refractivity contribution in [3.63, 3.8) is 0 Å². The lowest BCUT2D eigenvalue weighted by Gasteiger charge is -2.31. The van der Waals surface area contributed by atoms with Gasteiger partial charge < -0.3 is 10.2 Å². The molecule has 100 valence electrons. The summed E-state index contributed by atoms with van der Waals surface area (Å²) in [5, 5.41) is 3.76. The Labute approximate surface area is 111 Å². The maximum Gasteiger partial charge on any atom is 0.0281 e. The van der Waals surface area contributed by atoms with Gasteiger partial charge in [0.15, 0.2) is 0 Å². The minimum absolute atomic E-state index is 0.575. The second-order valence-electron chi connectivity index (χ2n) is 5.97. The molecule has 1 aliphatic carbocycles. The normalized spacial score (nSPS) is 26.5. The van der Waals surface area contributed by atoms with Crippen molar-refractivity contribution in [2.75, 3.05) is 39.5 Å². The SMILES string of the molecule is CSC1(CNCC2CCN(C)CC2)CCCC1. The van der Waals surface area contributed by atoms with Crippen molar-refractivity contribution in [1.29, 1.82) is 0 Å². The number of thioether (sulfide) groups is 1. The summed E-state index contributed by atoms with van der Waals surface area (Å²) in [5.41, 5.74) is 0. The molecule has 1 saturated heterocycles. The zero-order valence-electron chi connectivity index (χ0n) is 11.5. The highest BCUT2D eigenvalue weighted by Crippen LogP contribution is 2.39. The van der Waals surface area contributed by atoms with Crippen molar-refractivity contribution in [2.24, 2.45) is 5.92 Å². The molecule has 0 spiro atoms. The third kappa shape index (κ3) is 3.87. The second kappa shape index (κ2) is 6.44. The molecule has 2 nitrogen and oxygen atoms in total. The van der Waals surface area contributed by atoms with Crippen LogP contribution in [0.3, 0.4) is 0 Å². The van der Waals surface area contributed by atoms with E-state index in [1.165, 1.54) is 64.7 Å². The molecular formula is C14H28N2S. The van der Waals surface area contributed by atoms with E-state index in [9.17, 15) is 0 Å². The van der Waals surface area contributed by atoms with Crippen LogP contribution in [0.15, 0.2) is 0 Å². The summed E-state index contributed by atoms with van der Waals surface area (Å²) < 4.78 is 0.575. The molecule has 2 fully saturated rings. The molecule has 0 atom stereocenters. The molecule has 17 heavy (non-hydrogen) atoms. The van der Waals surface area contributed by atoms with Gasteiger partial charge in [-0.1, -0.05) is 12.8 Å². The summed E-state index contributed by atoms with van der Waals surface area (Å²) in [5.74, 6) is 0.923. The van der Waals surface area contributed by atoms with Crippen molar-refractivity contribution < 1.29 is 0 Å². The van der Waals surface area contributed by atoms with E-state index < -0.39 is 0 Å². The summed E-state index contributed by atoms with van der Waals surface area (Å²) in [7, 11) is 2.24. The zero-order valence-corrected chi connectivity index (χ0v) is 12.3. The van der Waals surface area contributed by atoms with Crippen molar-refractivity contribution in [3.8, 4) is 0 Å². The summed E-state index contributed by atoms with van der Waals surface area (Å²) >= 11 is 2.10. The average Bonchev–Trinajstić information content (AvgIpc) is 2.81. The van der Waals surface area contributed by atoms with E-state index in [0.717, 1.165) is 5.92 Å². The van der Waals surface area contributed by atoms with Gasteiger partial charge in [0.25, 0.3) is 0 Å². The Morgan fingerprint density at radius 1 is 1.24 bits per heavy atom. The van der Waals surface area contributed by atoms with Crippen LogP contribution in [0.5, 0.6) is 0 Å². The Morgan fingerprint density at radius 2 is 1.88 bits per heavy atom. The Hall–Kier alpha value is 0.270. The third-order valence-electron chi connectivity index (χ3n) is 4.67. The maximum absolute atomic E-state index is 3.76. The fraction of sp³-hybridized carbons (Fsp3) is 1.00. The zero-order chi connectivity index (χ0) is 12.1. The molecule has 1 heterocycles. The third-order valence-corrected chi connectivity index (χ3v) is 6.08. The quantitative estimate of drug-likeness (QED) is 0.814. The van der Waals surface area contributed by atoms with E-state index in [1.54, 1.807) is 0 Å². The largest absolute Gasteiger partial charge is 0.315 e. The highest BCUT2D eigenvalue weighted by atomic mass is 32.2. The first-order valence-electron chi connectivity index (χ1n) is 7.18. The maximum atomic E-state index is 3.76. The van der Waals surface area contributed by atoms with E-state index in [4.69, 9.17) is 0 Å². The van der Waals surface area contributed by atoms with Crippen LogP contribution in [-0.2, 0) is 0 Å². The standard InChI is InChI=1S/C14H28N2S/c1-16-9-5-13(6-10-16)11-15-12-14(17-2)7-3-4-8-14/h13,15H,3-12H2,1-2H3. The summed E-state index contributed by atoms with van der Waals surface area (Å²) in [6, 6.07) is 0. The van der Waals surface area contributed by atoms with Crippen molar-refractivity contribution in [1.82, 2.24) is 10.2 Å². The predicted molar refractivity (Wildman–Crippen MR) is 77.8 cm³/mol. The van der Waals surface area contributed by atoms with Crippen molar-refractivity contribution in [2.45, 2.75) is 43.3 Å². The van der Waals surface area contributed by atoms with E-state index in [1.807, 2.05) is 0 Å². The lowest BCUT2D eigenvalue weighted by Crippen LogP contribution is -2.40.